The van der Waals surface area contributed by atoms with Crippen molar-refractivity contribution in [1.29, 1.82) is 0 Å². The number of ether oxygens (including phenoxy) is 1. The highest BCUT2D eigenvalue weighted by Gasteiger charge is 2.15. The Kier molecular flexibility index (Phi) is 4.36. The highest BCUT2D eigenvalue weighted by atomic mass is 16.5. The Hall–Kier alpha value is -4.20. The first-order valence-corrected chi connectivity index (χ1v) is 9.21. The minimum Gasteiger partial charge on any atom is -0.458 e. The van der Waals surface area contributed by atoms with E-state index in [4.69, 9.17) is 13.6 Å². The van der Waals surface area contributed by atoms with Crippen LogP contribution in [0.5, 0.6) is 0 Å². The Morgan fingerprint density at radius 3 is 2.73 bits per heavy atom. The molecule has 0 aliphatic heterocycles. The van der Waals surface area contributed by atoms with E-state index in [9.17, 15) is 9.59 Å². The Bertz CT molecular complexity index is 1420. The number of para-hydroxylation sites is 1. The lowest BCUT2D eigenvalue weighted by atomic mass is 10.2. The summed E-state index contributed by atoms with van der Waals surface area (Å²) in [6, 6.07) is 16.6. The third kappa shape index (κ3) is 3.24. The van der Waals surface area contributed by atoms with Gasteiger partial charge < -0.3 is 13.6 Å². The molecule has 2 aromatic carbocycles. The molecule has 0 saturated carbocycles. The molecule has 148 valence electrons. The highest BCUT2D eigenvalue weighted by molar-refractivity contribution is 6.01. The van der Waals surface area contributed by atoms with Crippen LogP contribution < -0.4 is 5.56 Å². The zero-order chi connectivity index (χ0) is 20.5. The van der Waals surface area contributed by atoms with E-state index in [1.807, 2.05) is 48.5 Å². The molecule has 0 aliphatic carbocycles. The highest BCUT2D eigenvalue weighted by Crippen LogP contribution is 2.24. The predicted molar refractivity (Wildman–Crippen MR) is 108 cm³/mol. The summed E-state index contributed by atoms with van der Waals surface area (Å²) in [6.07, 6.45) is 2.75. The number of carbonyl (C=O) groups excluding carboxylic acids is 1. The zero-order valence-electron chi connectivity index (χ0n) is 15.6. The number of fused-ring (bicyclic) bond motifs is 3. The summed E-state index contributed by atoms with van der Waals surface area (Å²) >= 11 is 0. The van der Waals surface area contributed by atoms with Crippen molar-refractivity contribution in [3.8, 4) is 11.5 Å². The van der Waals surface area contributed by atoms with Gasteiger partial charge in [0.05, 0.1) is 6.33 Å². The lowest BCUT2D eigenvalue weighted by molar-refractivity contribution is -0.145. The van der Waals surface area contributed by atoms with Crippen molar-refractivity contribution in [2.24, 2.45) is 0 Å². The summed E-state index contributed by atoms with van der Waals surface area (Å²) in [5.74, 6) is -0.156. The summed E-state index contributed by atoms with van der Waals surface area (Å²) in [6.45, 7) is -0.355. The second-order valence-electron chi connectivity index (χ2n) is 6.62. The molecule has 0 fully saturated rings. The molecule has 5 aromatic rings. The van der Waals surface area contributed by atoms with Crippen LogP contribution in [0.25, 0.3) is 33.5 Å². The molecule has 5 rings (SSSR count). The van der Waals surface area contributed by atoms with Gasteiger partial charge in [0.2, 0.25) is 11.5 Å². The maximum absolute atomic E-state index is 12.7. The number of hydrogen-bond donors (Lipinski definition) is 0. The second kappa shape index (κ2) is 7.32. The summed E-state index contributed by atoms with van der Waals surface area (Å²) in [4.78, 5) is 33.5. The van der Waals surface area contributed by atoms with Crippen LogP contribution in [0.15, 0.2) is 80.8 Å². The molecule has 0 saturated heterocycles. The van der Waals surface area contributed by atoms with Crippen LogP contribution in [0.1, 0.15) is 5.69 Å². The quantitative estimate of drug-likeness (QED) is 0.415. The second-order valence-corrected chi connectivity index (χ2v) is 6.62. The van der Waals surface area contributed by atoms with Crippen molar-refractivity contribution in [1.82, 2.24) is 14.5 Å². The molecule has 0 amide bonds. The fourth-order valence-corrected chi connectivity index (χ4v) is 3.15. The fraction of sp³-hybridized carbons (Fsp3) is 0.0909. The standard InChI is InChI=1S/C22H15N3O5/c26-18(28-11-15-12-29-21(24-15)14-6-2-1-3-7-14)10-25-13-23-19-16-8-4-5-9-17(16)30-20(19)22(25)27/h1-9,12-13H,10-11H2. The smallest absolute Gasteiger partial charge is 0.326 e. The van der Waals surface area contributed by atoms with Gasteiger partial charge in [0.15, 0.2) is 0 Å². The van der Waals surface area contributed by atoms with Crippen molar-refractivity contribution in [3.05, 3.63) is 83.2 Å². The van der Waals surface area contributed by atoms with Gasteiger partial charge in [-0.2, -0.15) is 0 Å². The third-order valence-corrected chi connectivity index (χ3v) is 4.60. The molecule has 0 atom stereocenters. The number of oxazole rings is 1. The third-order valence-electron chi connectivity index (χ3n) is 4.60. The van der Waals surface area contributed by atoms with Crippen molar-refractivity contribution < 1.29 is 18.4 Å². The van der Waals surface area contributed by atoms with Gasteiger partial charge in [-0.1, -0.05) is 30.3 Å². The van der Waals surface area contributed by atoms with Crippen LogP contribution in [0, 0.1) is 0 Å². The van der Waals surface area contributed by atoms with E-state index in [2.05, 4.69) is 9.97 Å². The minimum atomic E-state index is -0.598. The number of esters is 1. The first-order chi connectivity index (χ1) is 14.7. The number of rotatable bonds is 5. The van der Waals surface area contributed by atoms with Crippen molar-refractivity contribution >= 4 is 28.0 Å². The topological polar surface area (TPSA) is 100 Å². The van der Waals surface area contributed by atoms with Gasteiger partial charge in [-0.05, 0) is 24.3 Å². The molecule has 0 bridgehead atoms. The van der Waals surface area contributed by atoms with Gasteiger partial charge in [0, 0.05) is 10.9 Å². The van der Waals surface area contributed by atoms with Crippen molar-refractivity contribution in [2.75, 3.05) is 0 Å². The van der Waals surface area contributed by atoms with Crippen LogP contribution in [0.3, 0.4) is 0 Å². The van der Waals surface area contributed by atoms with Crippen molar-refractivity contribution in [3.63, 3.8) is 0 Å². The van der Waals surface area contributed by atoms with E-state index in [1.54, 1.807) is 6.07 Å². The van der Waals surface area contributed by atoms with E-state index in [1.165, 1.54) is 12.6 Å². The zero-order valence-corrected chi connectivity index (χ0v) is 15.6. The summed E-state index contributed by atoms with van der Waals surface area (Å²) in [5, 5.41) is 0.750. The van der Waals surface area contributed by atoms with E-state index < -0.39 is 11.5 Å². The average molecular weight is 401 g/mol. The molecule has 0 unspecified atom stereocenters. The largest absolute Gasteiger partial charge is 0.458 e. The molecule has 3 aromatic heterocycles. The van der Waals surface area contributed by atoms with E-state index in [0.29, 0.717) is 22.7 Å². The van der Waals surface area contributed by atoms with Gasteiger partial charge in [-0.3, -0.25) is 14.2 Å². The van der Waals surface area contributed by atoms with Gasteiger partial charge in [-0.25, -0.2) is 9.97 Å². The van der Waals surface area contributed by atoms with E-state index >= 15 is 0 Å². The fourth-order valence-electron chi connectivity index (χ4n) is 3.15. The minimum absolute atomic E-state index is 0.0653. The summed E-state index contributed by atoms with van der Waals surface area (Å²) < 4.78 is 17.4. The number of hydrogen-bond acceptors (Lipinski definition) is 7. The number of aromatic nitrogens is 3. The number of nitrogens with zero attached hydrogens (tertiary/aromatic N) is 3. The molecular formula is C22H15N3O5. The molecule has 0 N–H and O–H groups in total. The van der Waals surface area contributed by atoms with Gasteiger partial charge in [-0.15, -0.1) is 0 Å². The maximum atomic E-state index is 12.7. The van der Waals surface area contributed by atoms with Crippen molar-refractivity contribution in [2.45, 2.75) is 13.2 Å². The van der Waals surface area contributed by atoms with Crippen LogP contribution >= 0.6 is 0 Å². The Morgan fingerprint density at radius 2 is 1.87 bits per heavy atom. The molecular weight excluding hydrogens is 386 g/mol. The number of furan rings is 1. The Labute approximate surface area is 169 Å². The van der Waals surface area contributed by atoms with E-state index in [-0.39, 0.29) is 18.7 Å². The predicted octanol–water partition coefficient (Wildman–Crippen LogP) is 3.54. The average Bonchev–Trinajstić information content (AvgIpc) is 3.40. The Morgan fingerprint density at radius 1 is 1.07 bits per heavy atom. The van der Waals surface area contributed by atoms with Gasteiger partial charge in [0.1, 0.15) is 36.2 Å². The SMILES string of the molecule is O=C(Cn1cnc2c(oc3ccccc32)c1=O)OCc1coc(-c2ccccc2)n1. The molecule has 8 heteroatoms. The van der Waals surface area contributed by atoms with E-state index in [0.717, 1.165) is 15.5 Å². The molecule has 8 nitrogen and oxygen atoms in total. The summed E-state index contributed by atoms with van der Waals surface area (Å²) in [5.41, 5.74) is 2.00. The normalized spacial score (nSPS) is 11.2. The first kappa shape index (κ1) is 17.9. The molecule has 3 heterocycles. The van der Waals surface area contributed by atoms with Crippen LogP contribution in [-0.4, -0.2) is 20.5 Å². The van der Waals surface area contributed by atoms with Crippen LogP contribution in [-0.2, 0) is 22.7 Å². The Balaban J connectivity index is 1.29. The van der Waals surface area contributed by atoms with Crippen LogP contribution in [0.2, 0.25) is 0 Å². The first-order valence-electron chi connectivity index (χ1n) is 9.21. The summed E-state index contributed by atoms with van der Waals surface area (Å²) in [7, 11) is 0. The monoisotopic (exact) mass is 401 g/mol. The lowest BCUT2D eigenvalue weighted by Gasteiger charge is -2.05. The van der Waals surface area contributed by atoms with Crippen LogP contribution in [0.4, 0.5) is 0 Å². The lowest BCUT2D eigenvalue weighted by Crippen LogP contribution is -2.25. The number of benzene rings is 2. The molecule has 30 heavy (non-hydrogen) atoms. The molecule has 0 spiro atoms. The molecule has 0 aliphatic rings. The maximum Gasteiger partial charge on any atom is 0.326 e. The molecule has 0 radical (unpaired) electrons. The van der Waals surface area contributed by atoms with Gasteiger partial charge in [0.25, 0.3) is 5.56 Å². The van der Waals surface area contributed by atoms with Gasteiger partial charge >= 0.3 is 5.97 Å². The number of carbonyl (C=O) groups is 1.